The van der Waals surface area contributed by atoms with Crippen LogP contribution in [-0.4, -0.2) is 28.9 Å². The van der Waals surface area contributed by atoms with Gasteiger partial charge in [-0.25, -0.2) is 4.98 Å². The molecule has 4 rings (SSSR count). The van der Waals surface area contributed by atoms with Gasteiger partial charge in [0, 0.05) is 19.3 Å². The molecule has 2 aliphatic rings. The summed E-state index contributed by atoms with van der Waals surface area (Å²) in [4.78, 5) is 18.4. The number of nitrogens with one attached hydrogen (secondary N) is 1. The Kier molecular flexibility index (Phi) is 3.79. The number of halogens is 1. The van der Waals surface area contributed by atoms with Gasteiger partial charge >= 0.3 is 0 Å². The SMILES string of the molecule is O=C1c2cnc(Cl)cc2CN1Cc1ccc2c(c1)CCNCC2. The molecule has 4 nitrogen and oxygen atoms in total. The van der Waals surface area contributed by atoms with Crippen LogP contribution in [0, 0.1) is 0 Å². The maximum atomic E-state index is 12.5. The lowest BCUT2D eigenvalue weighted by atomic mass is 10.00. The van der Waals surface area contributed by atoms with Crippen LogP contribution in [0.1, 0.15) is 32.6 Å². The Morgan fingerprint density at radius 3 is 2.83 bits per heavy atom. The number of carbonyl (C=O) groups is 1. The normalized spacial score (nSPS) is 16.9. The van der Waals surface area contributed by atoms with Crippen molar-refractivity contribution in [3.63, 3.8) is 0 Å². The first-order chi connectivity index (χ1) is 11.2. The fourth-order valence-electron chi connectivity index (χ4n) is 3.41. The van der Waals surface area contributed by atoms with Crippen LogP contribution in [0.3, 0.4) is 0 Å². The van der Waals surface area contributed by atoms with E-state index < -0.39 is 0 Å². The van der Waals surface area contributed by atoms with E-state index in [0.29, 0.717) is 23.8 Å². The van der Waals surface area contributed by atoms with E-state index >= 15 is 0 Å². The third-order valence-electron chi connectivity index (χ3n) is 4.62. The van der Waals surface area contributed by atoms with Gasteiger partial charge in [-0.15, -0.1) is 0 Å². The first-order valence-electron chi connectivity index (χ1n) is 7.96. The van der Waals surface area contributed by atoms with Crippen molar-refractivity contribution < 1.29 is 4.79 Å². The molecule has 0 saturated carbocycles. The Hall–Kier alpha value is -1.91. The Balaban J connectivity index is 1.55. The van der Waals surface area contributed by atoms with Gasteiger partial charge in [-0.1, -0.05) is 29.8 Å². The van der Waals surface area contributed by atoms with E-state index in [1.807, 2.05) is 4.90 Å². The molecule has 1 aromatic carbocycles. The van der Waals surface area contributed by atoms with Crippen LogP contribution in [-0.2, 0) is 25.9 Å². The summed E-state index contributed by atoms with van der Waals surface area (Å²) in [6.07, 6.45) is 3.72. The van der Waals surface area contributed by atoms with Crippen LogP contribution in [0.2, 0.25) is 5.15 Å². The van der Waals surface area contributed by atoms with Gasteiger partial charge in [0.15, 0.2) is 0 Å². The lowest BCUT2D eigenvalue weighted by molar-refractivity contribution is 0.0766. The molecule has 0 fully saturated rings. The highest BCUT2D eigenvalue weighted by atomic mass is 35.5. The molecule has 118 valence electrons. The predicted molar refractivity (Wildman–Crippen MR) is 89.5 cm³/mol. The van der Waals surface area contributed by atoms with Crippen LogP contribution in [0.15, 0.2) is 30.5 Å². The lowest BCUT2D eigenvalue weighted by Gasteiger charge is -2.17. The number of hydrogen-bond acceptors (Lipinski definition) is 3. The van der Waals surface area contributed by atoms with E-state index in [2.05, 4.69) is 28.5 Å². The van der Waals surface area contributed by atoms with E-state index in [-0.39, 0.29) is 5.91 Å². The number of hydrogen-bond donors (Lipinski definition) is 1. The Morgan fingerprint density at radius 1 is 1.13 bits per heavy atom. The van der Waals surface area contributed by atoms with Gasteiger partial charge in [0.2, 0.25) is 0 Å². The molecule has 1 amide bonds. The van der Waals surface area contributed by atoms with Crippen molar-refractivity contribution in [2.45, 2.75) is 25.9 Å². The van der Waals surface area contributed by atoms with E-state index in [4.69, 9.17) is 11.6 Å². The zero-order valence-corrected chi connectivity index (χ0v) is 13.6. The minimum Gasteiger partial charge on any atom is -0.330 e. The van der Waals surface area contributed by atoms with Crippen LogP contribution >= 0.6 is 11.6 Å². The third kappa shape index (κ3) is 2.84. The fourth-order valence-corrected chi connectivity index (χ4v) is 3.59. The number of pyridine rings is 1. The van der Waals surface area contributed by atoms with Gasteiger partial charge in [0.1, 0.15) is 5.15 Å². The summed E-state index contributed by atoms with van der Waals surface area (Å²) < 4.78 is 0. The van der Waals surface area contributed by atoms with Crippen LogP contribution in [0.5, 0.6) is 0 Å². The molecule has 2 aliphatic heterocycles. The molecule has 23 heavy (non-hydrogen) atoms. The monoisotopic (exact) mass is 327 g/mol. The zero-order chi connectivity index (χ0) is 15.8. The maximum absolute atomic E-state index is 12.5. The van der Waals surface area contributed by atoms with Gasteiger partial charge in [-0.3, -0.25) is 4.79 Å². The molecule has 1 aromatic heterocycles. The van der Waals surface area contributed by atoms with Crippen molar-refractivity contribution in [3.8, 4) is 0 Å². The van der Waals surface area contributed by atoms with E-state index in [1.54, 1.807) is 12.3 Å². The Labute approximate surface area is 140 Å². The standard InChI is InChI=1S/C18H18ClN3O/c19-17-8-15-11-22(18(23)16(15)9-21-17)10-12-1-2-13-3-5-20-6-4-14(13)7-12/h1-2,7-9,20H,3-6,10-11H2. The molecule has 0 bridgehead atoms. The van der Waals surface area contributed by atoms with E-state index in [1.165, 1.54) is 16.7 Å². The molecular weight excluding hydrogens is 310 g/mol. The molecule has 5 heteroatoms. The highest BCUT2D eigenvalue weighted by Crippen LogP contribution is 2.26. The minimum absolute atomic E-state index is 0.0424. The molecule has 0 radical (unpaired) electrons. The molecule has 0 aliphatic carbocycles. The summed E-state index contributed by atoms with van der Waals surface area (Å²) in [5, 5.41) is 3.87. The summed E-state index contributed by atoms with van der Waals surface area (Å²) in [6.45, 7) is 3.30. The smallest absolute Gasteiger partial charge is 0.256 e. The first kappa shape index (κ1) is 14.7. The number of nitrogens with zero attached hydrogens (tertiary/aromatic N) is 2. The van der Waals surface area contributed by atoms with Gasteiger partial charge in [0.25, 0.3) is 5.91 Å². The second kappa shape index (κ2) is 5.95. The maximum Gasteiger partial charge on any atom is 0.256 e. The lowest BCUT2D eigenvalue weighted by Crippen LogP contribution is -2.23. The Bertz CT molecular complexity index is 775. The van der Waals surface area contributed by atoms with Crippen molar-refractivity contribution >= 4 is 17.5 Å². The van der Waals surface area contributed by atoms with Crippen molar-refractivity contribution in [2.75, 3.05) is 13.1 Å². The quantitative estimate of drug-likeness (QED) is 0.862. The second-order valence-electron chi connectivity index (χ2n) is 6.18. The van der Waals surface area contributed by atoms with E-state index in [9.17, 15) is 4.79 Å². The highest BCUT2D eigenvalue weighted by Gasteiger charge is 2.28. The number of fused-ring (bicyclic) bond motifs is 2. The topological polar surface area (TPSA) is 45.2 Å². The highest BCUT2D eigenvalue weighted by molar-refractivity contribution is 6.29. The summed E-state index contributed by atoms with van der Waals surface area (Å²) >= 11 is 5.93. The summed E-state index contributed by atoms with van der Waals surface area (Å²) in [5.74, 6) is 0.0424. The van der Waals surface area contributed by atoms with Crippen molar-refractivity contribution in [3.05, 3.63) is 63.4 Å². The number of benzene rings is 1. The number of amides is 1. The van der Waals surface area contributed by atoms with Crippen molar-refractivity contribution in [1.29, 1.82) is 0 Å². The van der Waals surface area contributed by atoms with Gasteiger partial charge < -0.3 is 10.2 Å². The third-order valence-corrected chi connectivity index (χ3v) is 4.83. The van der Waals surface area contributed by atoms with Crippen LogP contribution in [0.25, 0.3) is 0 Å². The fraction of sp³-hybridized carbons (Fsp3) is 0.333. The van der Waals surface area contributed by atoms with Gasteiger partial charge in [-0.05, 0) is 54.3 Å². The molecule has 0 saturated heterocycles. The van der Waals surface area contributed by atoms with Crippen molar-refractivity contribution in [1.82, 2.24) is 15.2 Å². The van der Waals surface area contributed by atoms with Crippen LogP contribution in [0.4, 0.5) is 0 Å². The summed E-state index contributed by atoms with van der Waals surface area (Å²) in [6, 6.07) is 8.40. The molecule has 2 aromatic rings. The zero-order valence-electron chi connectivity index (χ0n) is 12.8. The average molecular weight is 328 g/mol. The Morgan fingerprint density at radius 2 is 1.96 bits per heavy atom. The molecule has 1 N–H and O–H groups in total. The molecule has 0 unspecified atom stereocenters. The largest absolute Gasteiger partial charge is 0.330 e. The van der Waals surface area contributed by atoms with Gasteiger partial charge in [-0.2, -0.15) is 0 Å². The summed E-state index contributed by atoms with van der Waals surface area (Å²) in [5.41, 5.74) is 5.65. The van der Waals surface area contributed by atoms with Gasteiger partial charge in [0.05, 0.1) is 5.56 Å². The molecular formula is C18H18ClN3O. The number of aromatic nitrogens is 1. The summed E-state index contributed by atoms with van der Waals surface area (Å²) in [7, 11) is 0. The number of rotatable bonds is 2. The predicted octanol–water partition coefficient (Wildman–Crippen LogP) is 2.58. The number of carbonyl (C=O) groups excluding carboxylic acids is 1. The molecule has 0 atom stereocenters. The average Bonchev–Trinajstić information content (AvgIpc) is 2.73. The van der Waals surface area contributed by atoms with Crippen molar-refractivity contribution in [2.24, 2.45) is 0 Å². The molecule has 0 spiro atoms. The minimum atomic E-state index is 0.0424. The second-order valence-corrected chi connectivity index (χ2v) is 6.57. The van der Waals surface area contributed by atoms with Crippen LogP contribution < -0.4 is 5.32 Å². The van der Waals surface area contributed by atoms with E-state index in [0.717, 1.165) is 31.5 Å². The first-order valence-corrected chi connectivity index (χ1v) is 8.33. The molecule has 3 heterocycles.